The maximum absolute atomic E-state index is 2.54. The summed E-state index contributed by atoms with van der Waals surface area (Å²) in [5.74, 6) is 0. The molecule has 0 N–H and O–H groups in total. The first-order valence-electron chi connectivity index (χ1n) is 6.72. The van der Waals surface area contributed by atoms with Gasteiger partial charge in [-0.15, -0.1) is 0 Å². The van der Waals surface area contributed by atoms with Crippen molar-refractivity contribution >= 4 is 0 Å². The van der Waals surface area contributed by atoms with Crippen molar-refractivity contribution in [1.29, 1.82) is 0 Å². The molecule has 0 amide bonds. The van der Waals surface area contributed by atoms with Gasteiger partial charge >= 0.3 is 52.8 Å². The van der Waals surface area contributed by atoms with Crippen molar-refractivity contribution in [1.82, 2.24) is 4.90 Å². The summed E-state index contributed by atoms with van der Waals surface area (Å²) in [6, 6.07) is 0. The van der Waals surface area contributed by atoms with Crippen molar-refractivity contribution in [2.45, 2.75) is 45.1 Å². The SMILES string of the molecule is CN(C)C.[CH]12[CH]3[CH]4[CH]5[CH]1[Ru]23451678[CH]2[CH]1[CH]6[CH]7[CH]28. The molecular formula is C13H19NRu. The predicted molar refractivity (Wildman–Crippen MR) is 57.1 cm³/mol. The molecule has 10 fully saturated rings. The first-order valence-corrected chi connectivity index (χ1v) is 16.8. The predicted octanol–water partition coefficient (Wildman–Crippen LogP) is 3.55. The van der Waals surface area contributed by atoms with Crippen molar-refractivity contribution in [2.75, 3.05) is 21.1 Å². The molecule has 1 nitrogen and oxygen atoms in total. The molecule has 0 radical (unpaired) electrons. The van der Waals surface area contributed by atoms with Crippen molar-refractivity contribution in [3.05, 3.63) is 0 Å². The van der Waals surface area contributed by atoms with Crippen LogP contribution >= 0.6 is 0 Å². The molecule has 10 heterocycles. The maximum atomic E-state index is 2.00. The third-order valence-corrected chi connectivity index (χ3v) is 80.5. The van der Waals surface area contributed by atoms with Crippen LogP contribution in [0, 0.1) is 0 Å². The number of hydrogen-bond acceptors (Lipinski definition) is 1. The van der Waals surface area contributed by atoms with Crippen LogP contribution in [0.25, 0.3) is 0 Å². The van der Waals surface area contributed by atoms with Gasteiger partial charge in [0.2, 0.25) is 0 Å². The van der Waals surface area contributed by atoms with Crippen molar-refractivity contribution in [3.63, 3.8) is 0 Å². The molecule has 0 bridgehead atoms. The third kappa shape index (κ3) is 0.0574. The van der Waals surface area contributed by atoms with E-state index in [1.165, 1.54) is 0 Å². The van der Waals surface area contributed by atoms with Gasteiger partial charge < -0.3 is 4.90 Å². The van der Waals surface area contributed by atoms with Gasteiger partial charge in [-0.1, -0.05) is 0 Å². The van der Waals surface area contributed by atoms with Crippen LogP contribution in [0.15, 0.2) is 0 Å². The number of rotatable bonds is 0. The summed E-state index contributed by atoms with van der Waals surface area (Å²) in [5.41, 5.74) is 0. The molecule has 0 saturated carbocycles. The molecule has 84 valence electrons. The molecule has 10 aliphatic rings. The summed E-state index contributed by atoms with van der Waals surface area (Å²) in [6.07, 6.45) is 0. The van der Waals surface area contributed by atoms with E-state index < -0.39 is 7.72 Å². The Morgan fingerprint density at radius 3 is 0.667 bits per heavy atom. The number of nitrogens with zero attached hydrogens (tertiary/aromatic N) is 1. The topological polar surface area (TPSA) is 3.24 Å². The summed E-state index contributed by atoms with van der Waals surface area (Å²) < 4.78 is 16.1. The van der Waals surface area contributed by atoms with Gasteiger partial charge in [0.25, 0.3) is 0 Å². The molecule has 0 aromatic heterocycles. The molecule has 0 aromatic rings. The Hall–Kier alpha value is 0.583. The van der Waals surface area contributed by atoms with Gasteiger partial charge in [-0.25, -0.2) is 0 Å². The van der Waals surface area contributed by atoms with Crippen LogP contribution in [0.2, 0.25) is 45.1 Å². The minimum atomic E-state index is -2.54. The summed E-state index contributed by atoms with van der Waals surface area (Å²) in [5, 5.41) is 0. The van der Waals surface area contributed by atoms with Crippen molar-refractivity contribution in [2.24, 2.45) is 0 Å². The van der Waals surface area contributed by atoms with Gasteiger partial charge in [0.1, 0.15) is 0 Å². The first kappa shape index (κ1) is 5.96. The van der Waals surface area contributed by atoms with E-state index in [2.05, 4.69) is 0 Å². The van der Waals surface area contributed by atoms with Gasteiger partial charge in [0.05, 0.1) is 0 Å². The summed E-state index contributed by atoms with van der Waals surface area (Å²) >= 11 is 0. The standard InChI is InChI=1S/2C5H5.C3H9N.Ru/c2*1-2-4-5-3-1;1-4(2)3;/h2*1-5H;1-3H3;. The van der Waals surface area contributed by atoms with Crippen LogP contribution in [0.1, 0.15) is 0 Å². The van der Waals surface area contributed by atoms with Crippen LogP contribution in [0.4, 0.5) is 0 Å². The van der Waals surface area contributed by atoms with Crippen LogP contribution in [-0.2, 0) is 7.72 Å². The van der Waals surface area contributed by atoms with E-state index in [0.29, 0.717) is 0 Å². The molecule has 10 aliphatic heterocycles. The van der Waals surface area contributed by atoms with Gasteiger partial charge in [0.15, 0.2) is 0 Å². The van der Waals surface area contributed by atoms with Gasteiger partial charge in [-0.05, 0) is 21.1 Å². The Bertz CT molecular complexity index is 619. The molecule has 15 heavy (non-hydrogen) atoms. The Morgan fingerprint density at radius 2 is 0.667 bits per heavy atom. The molecule has 1 spiro atoms. The quantitative estimate of drug-likeness (QED) is 0.617. The Kier molecular flexibility index (Phi) is 0.173. The average molecular weight is 290 g/mol. The van der Waals surface area contributed by atoms with E-state index in [4.69, 9.17) is 0 Å². The summed E-state index contributed by atoms with van der Waals surface area (Å²) in [6.45, 7) is 0. The summed E-state index contributed by atoms with van der Waals surface area (Å²) in [7, 11) is 3.46. The molecule has 10 rings (SSSR count). The fraction of sp³-hybridized carbons (Fsp3) is 1.00. The van der Waals surface area contributed by atoms with Crippen molar-refractivity contribution in [3.8, 4) is 0 Å². The van der Waals surface area contributed by atoms with E-state index in [9.17, 15) is 0 Å². The fourth-order valence-corrected chi connectivity index (χ4v) is 146. The molecule has 0 unspecified atom stereocenters. The fourth-order valence-electron chi connectivity index (χ4n) is 15.8. The van der Waals surface area contributed by atoms with Gasteiger partial charge in [-0.2, -0.15) is 0 Å². The Labute approximate surface area is 78.9 Å². The van der Waals surface area contributed by atoms with Crippen LogP contribution < -0.4 is 0 Å². The number of hydrogen-bond donors (Lipinski definition) is 0. The van der Waals surface area contributed by atoms with E-state index in [1.807, 2.05) is 26.0 Å². The van der Waals surface area contributed by atoms with Crippen LogP contribution in [0.5, 0.6) is 0 Å². The third-order valence-electron chi connectivity index (χ3n) is 14.5. The van der Waals surface area contributed by atoms with E-state index in [1.54, 1.807) is 45.1 Å². The molecule has 0 aliphatic carbocycles. The molecule has 0 atom stereocenters. The van der Waals surface area contributed by atoms with E-state index in [0.717, 1.165) is 0 Å². The zero-order valence-electron chi connectivity index (χ0n) is 9.57. The molecule has 0 aromatic carbocycles. The molecule has 10 saturated heterocycles. The second kappa shape index (κ2) is 0.436. The zero-order valence-corrected chi connectivity index (χ0v) is 11.3. The van der Waals surface area contributed by atoms with Crippen molar-refractivity contribution < 1.29 is 7.72 Å². The second-order valence-corrected chi connectivity index (χ2v) is 48.6. The van der Waals surface area contributed by atoms with E-state index in [-0.39, 0.29) is 0 Å². The summed E-state index contributed by atoms with van der Waals surface area (Å²) in [4.78, 5) is 2.00. The van der Waals surface area contributed by atoms with Crippen LogP contribution in [-0.4, -0.2) is 26.0 Å². The Balaban J connectivity index is 0.000000121. The molecular weight excluding hydrogens is 271 g/mol. The molecule has 2 heteroatoms. The normalized spacial score (nSPS) is 128. The van der Waals surface area contributed by atoms with Gasteiger partial charge in [0, 0.05) is 0 Å². The minimum absolute atomic E-state index is 1.61. The average Bonchev–Trinajstić information content (AvgIpc) is 3.13. The first-order chi connectivity index (χ1) is 6.89. The van der Waals surface area contributed by atoms with E-state index >= 15 is 0 Å². The van der Waals surface area contributed by atoms with Gasteiger partial charge in [-0.3, -0.25) is 0 Å². The second-order valence-electron chi connectivity index (χ2n) is 10.9. The zero-order chi connectivity index (χ0) is 9.67. The monoisotopic (exact) mass is 291 g/mol. The number of fused-ring (bicyclic) bond motifs is 10. The van der Waals surface area contributed by atoms with Crippen LogP contribution in [0.3, 0.4) is 0 Å². The Morgan fingerprint density at radius 1 is 0.533 bits per heavy atom.